The summed E-state index contributed by atoms with van der Waals surface area (Å²) in [5.41, 5.74) is 3.24. The minimum Gasteiger partial charge on any atom is -0.389 e. The maximum absolute atomic E-state index is 9.93. The lowest BCUT2D eigenvalue weighted by atomic mass is 9.86. The van der Waals surface area contributed by atoms with E-state index in [9.17, 15) is 5.11 Å². The van der Waals surface area contributed by atoms with Crippen molar-refractivity contribution in [3.8, 4) is 0 Å². The van der Waals surface area contributed by atoms with Crippen molar-refractivity contribution in [1.82, 2.24) is 0 Å². The minimum absolute atomic E-state index is 0.151. The average molecular weight is 249 g/mol. The summed E-state index contributed by atoms with van der Waals surface area (Å²) in [6, 6.07) is 6.59. The van der Waals surface area contributed by atoms with Crippen molar-refractivity contribution in [3.05, 3.63) is 29.3 Å². The highest BCUT2D eigenvalue weighted by atomic mass is 16.3. The van der Waals surface area contributed by atoms with Crippen LogP contribution in [0.1, 0.15) is 45.7 Å². The molecule has 0 saturated carbocycles. The van der Waals surface area contributed by atoms with Gasteiger partial charge in [-0.1, -0.05) is 32.9 Å². The van der Waals surface area contributed by atoms with Gasteiger partial charge < -0.3 is 10.0 Å². The third kappa shape index (κ3) is 4.02. The zero-order chi connectivity index (χ0) is 14.1. The van der Waals surface area contributed by atoms with Gasteiger partial charge in [0.2, 0.25) is 0 Å². The average Bonchev–Trinajstić information content (AvgIpc) is 2.13. The molecule has 1 rings (SSSR count). The Morgan fingerprint density at radius 1 is 1.11 bits per heavy atom. The van der Waals surface area contributed by atoms with E-state index < -0.39 is 5.60 Å². The summed E-state index contributed by atoms with van der Waals surface area (Å²) < 4.78 is 0. The van der Waals surface area contributed by atoms with E-state index in [0.29, 0.717) is 6.54 Å². The summed E-state index contributed by atoms with van der Waals surface area (Å²) in [7, 11) is 2.03. The van der Waals surface area contributed by atoms with Gasteiger partial charge in [-0.3, -0.25) is 0 Å². The molecule has 0 fully saturated rings. The second-order valence-electron chi connectivity index (χ2n) is 6.92. The fourth-order valence-corrected chi connectivity index (χ4v) is 2.15. The van der Waals surface area contributed by atoms with E-state index >= 15 is 0 Å². The largest absolute Gasteiger partial charge is 0.389 e. The highest BCUT2D eigenvalue weighted by Gasteiger charge is 2.19. The second kappa shape index (κ2) is 4.93. The highest BCUT2D eigenvalue weighted by Crippen LogP contribution is 2.29. The molecule has 0 atom stereocenters. The summed E-state index contributed by atoms with van der Waals surface area (Å²) in [4.78, 5) is 2.13. The first-order valence-corrected chi connectivity index (χ1v) is 6.55. The van der Waals surface area contributed by atoms with Crippen LogP contribution in [0.5, 0.6) is 0 Å². The van der Waals surface area contributed by atoms with Gasteiger partial charge in [-0.15, -0.1) is 0 Å². The van der Waals surface area contributed by atoms with E-state index in [-0.39, 0.29) is 5.41 Å². The van der Waals surface area contributed by atoms with Gasteiger partial charge in [0.15, 0.2) is 0 Å². The standard InChI is InChI=1S/C16H27NO/c1-12-8-9-13(15(2,3)4)10-14(12)17(7)11-16(5,6)18/h8-10,18H,11H2,1-7H3. The van der Waals surface area contributed by atoms with Gasteiger partial charge >= 0.3 is 0 Å². The molecular weight excluding hydrogens is 222 g/mol. The van der Waals surface area contributed by atoms with E-state index in [1.54, 1.807) is 0 Å². The molecule has 0 heterocycles. The van der Waals surface area contributed by atoms with Crippen molar-refractivity contribution in [2.45, 2.75) is 52.6 Å². The number of rotatable bonds is 3. The number of aliphatic hydroxyl groups is 1. The number of likely N-dealkylation sites (N-methyl/N-ethyl adjacent to an activating group) is 1. The molecule has 0 aliphatic carbocycles. The molecule has 0 bridgehead atoms. The van der Waals surface area contributed by atoms with Gasteiger partial charge in [0, 0.05) is 19.3 Å². The molecule has 0 aliphatic heterocycles. The van der Waals surface area contributed by atoms with Crippen LogP contribution in [0.25, 0.3) is 0 Å². The number of hydrogen-bond donors (Lipinski definition) is 1. The zero-order valence-electron chi connectivity index (χ0n) is 12.8. The molecule has 1 aromatic rings. The Bertz CT molecular complexity index is 410. The van der Waals surface area contributed by atoms with E-state index in [1.165, 1.54) is 16.8 Å². The van der Waals surface area contributed by atoms with Crippen LogP contribution in [-0.4, -0.2) is 24.3 Å². The maximum Gasteiger partial charge on any atom is 0.0765 e. The summed E-state index contributed by atoms with van der Waals surface area (Å²) in [5, 5.41) is 9.93. The molecule has 102 valence electrons. The first kappa shape index (κ1) is 15.0. The first-order valence-electron chi connectivity index (χ1n) is 6.55. The molecule has 0 saturated heterocycles. The lowest BCUT2D eigenvalue weighted by molar-refractivity contribution is 0.0886. The van der Waals surface area contributed by atoms with Crippen LogP contribution in [0.4, 0.5) is 5.69 Å². The predicted octanol–water partition coefficient (Wildman–Crippen LogP) is 3.50. The SMILES string of the molecule is Cc1ccc(C(C)(C)C)cc1N(C)CC(C)(C)O. The fraction of sp³-hybridized carbons (Fsp3) is 0.625. The Hall–Kier alpha value is -1.02. The van der Waals surface area contributed by atoms with Crippen molar-refractivity contribution in [2.24, 2.45) is 0 Å². The van der Waals surface area contributed by atoms with Crippen molar-refractivity contribution >= 4 is 5.69 Å². The molecule has 0 aromatic heterocycles. The van der Waals surface area contributed by atoms with Crippen molar-refractivity contribution in [3.63, 3.8) is 0 Å². The van der Waals surface area contributed by atoms with Crippen molar-refractivity contribution in [1.29, 1.82) is 0 Å². The second-order valence-corrected chi connectivity index (χ2v) is 6.92. The van der Waals surface area contributed by atoms with Gasteiger partial charge in [0.1, 0.15) is 0 Å². The number of anilines is 1. The highest BCUT2D eigenvalue weighted by molar-refractivity contribution is 5.55. The van der Waals surface area contributed by atoms with Crippen LogP contribution < -0.4 is 4.90 Å². The smallest absolute Gasteiger partial charge is 0.0765 e. The van der Waals surface area contributed by atoms with Crippen LogP contribution >= 0.6 is 0 Å². The zero-order valence-corrected chi connectivity index (χ0v) is 12.8. The number of nitrogens with zero attached hydrogens (tertiary/aromatic N) is 1. The molecule has 0 aliphatic rings. The molecule has 2 heteroatoms. The third-order valence-electron chi connectivity index (χ3n) is 3.11. The van der Waals surface area contributed by atoms with Gasteiger partial charge in [0.05, 0.1) is 5.60 Å². The topological polar surface area (TPSA) is 23.5 Å². The predicted molar refractivity (Wildman–Crippen MR) is 79.4 cm³/mol. The normalized spacial score (nSPS) is 12.7. The van der Waals surface area contributed by atoms with Crippen LogP contribution in [-0.2, 0) is 5.41 Å². The quantitative estimate of drug-likeness (QED) is 0.886. The molecule has 0 radical (unpaired) electrons. The van der Waals surface area contributed by atoms with Crippen LogP contribution in [0, 0.1) is 6.92 Å². The molecule has 0 unspecified atom stereocenters. The fourth-order valence-electron chi connectivity index (χ4n) is 2.15. The molecule has 0 spiro atoms. The lowest BCUT2D eigenvalue weighted by Gasteiger charge is -2.30. The Morgan fingerprint density at radius 2 is 1.67 bits per heavy atom. The Kier molecular flexibility index (Phi) is 4.12. The van der Waals surface area contributed by atoms with Gasteiger partial charge in [-0.2, -0.15) is 0 Å². The summed E-state index contributed by atoms with van der Waals surface area (Å²) in [6.45, 7) is 13.1. The Labute approximate surface area is 112 Å². The van der Waals surface area contributed by atoms with E-state index in [4.69, 9.17) is 0 Å². The van der Waals surface area contributed by atoms with E-state index in [1.807, 2.05) is 20.9 Å². The van der Waals surface area contributed by atoms with Crippen LogP contribution in [0.2, 0.25) is 0 Å². The third-order valence-corrected chi connectivity index (χ3v) is 3.11. The maximum atomic E-state index is 9.93. The first-order chi connectivity index (χ1) is 8.00. The molecule has 0 amide bonds. The van der Waals surface area contributed by atoms with Crippen LogP contribution in [0.15, 0.2) is 18.2 Å². The Morgan fingerprint density at radius 3 is 2.11 bits per heavy atom. The summed E-state index contributed by atoms with van der Waals surface area (Å²) >= 11 is 0. The van der Waals surface area contributed by atoms with Crippen LogP contribution in [0.3, 0.4) is 0 Å². The van der Waals surface area contributed by atoms with Gasteiger partial charge in [-0.25, -0.2) is 0 Å². The van der Waals surface area contributed by atoms with Crippen molar-refractivity contribution < 1.29 is 5.11 Å². The van der Waals surface area contributed by atoms with Crippen molar-refractivity contribution in [2.75, 3.05) is 18.5 Å². The lowest BCUT2D eigenvalue weighted by Crippen LogP contribution is -2.36. The van der Waals surface area contributed by atoms with E-state index in [2.05, 4.69) is 50.8 Å². The minimum atomic E-state index is -0.682. The number of hydrogen-bond acceptors (Lipinski definition) is 2. The molecule has 1 N–H and O–H groups in total. The van der Waals surface area contributed by atoms with Gasteiger partial charge in [0.25, 0.3) is 0 Å². The summed E-state index contributed by atoms with van der Waals surface area (Å²) in [5.74, 6) is 0. The molecule has 2 nitrogen and oxygen atoms in total. The summed E-state index contributed by atoms with van der Waals surface area (Å²) in [6.07, 6.45) is 0. The number of benzene rings is 1. The van der Waals surface area contributed by atoms with E-state index in [0.717, 1.165) is 0 Å². The molecule has 18 heavy (non-hydrogen) atoms. The number of aryl methyl sites for hydroxylation is 1. The molecular formula is C16H27NO. The monoisotopic (exact) mass is 249 g/mol. The Balaban J connectivity index is 3.08. The molecule has 1 aromatic carbocycles. The van der Waals surface area contributed by atoms with Gasteiger partial charge in [-0.05, 0) is 43.4 Å².